The molecule has 30 heavy (non-hydrogen) atoms. The molecule has 7 heteroatoms. The molecule has 2 aliphatic rings. The predicted octanol–water partition coefficient (Wildman–Crippen LogP) is 2.78. The van der Waals surface area contributed by atoms with Gasteiger partial charge in [0.2, 0.25) is 0 Å². The minimum Gasteiger partial charge on any atom is -0.491 e. The zero-order valence-electron chi connectivity index (χ0n) is 17.6. The van der Waals surface area contributed by atoms with E-state index < -0.39 is 0 Å². The van der Waals surface area contributed by atoms with Crippen LogP contribution >= 0.6 is 0 Å². The van der Waals surface area contributed by atoms with Crippen LogP contribution in [0.15, 0.2) is 39.9 Å². The van der Waals surface area contributed by atoms with Crippen LogP contribution in [-0.2, 0) is 13.6 Å². The number of nitrogens with zero attached hydrogens (tertiary/aromatic N) is 3. The number of fused-ring (bicyclic) bond motifs is 1. The standard InChI is InChI=1S/C23H28N4O3/c1-15-10-25-7-8-27(15)12-17-9-19-22(30-17)20(13-26(2)23(19)28)18-5-6-24-11-21(18)29-14-16-3-4-16/h5-6,9,11,13,15-16,25H,3-4,7-8,10,12,14H2,1-2H3. The maximum absolute atomic E-state index is 12.8. The molecule has 1 atom stereocenters. The Labute approximate surface area is 175 Å². The molecule has 3 aromatic heterocycles. The molecule has 0 bridgehead atoms. The molecule has 1 N–H and O–H groups in total. The van der Waals surface area contributed by atoms with E-state index in [0.29, 0.717) is 36.1 Å². The van der Waals surface area contributed by atoms with E-state index in [1.165, 1.54) is 12.8 Å². The summed E-state index contributed by atoms with van der Waals surface area (Å²) in [6.07, 6.45) is 7.80. The fourth-order valence-electron chi connectivity index (χ4n) is 4.10. The van der Waals surface area contributed by atoms with Gasteiger partial charge in [-0.2, -0.15) is 0 Å². The molecule has 2 fully saturated rings. The largest absolute Gasteiger partial charge is 0.491 e. The third-order valence-electron chi connectivity index (χ3n) is 6.15. The first-order valence-electron chi connectivity index (χ1n) is 10.7. The first kappa shape index (κ1) is 19.3. The molecule has 1 saturated heterocycles. The molecule has 0 spiro atoms. The number of furan rings is 1. The molecule has 0 amide bonds. The Morgan fingerprint density at radius 2 is 2.20 bits per heavy atom. The Kier molecular flexibility index (Phi) is 5.08. The lowest BCUT2D eigenvalue weighted by Crippen LogP contribution is -2.49. The Hall–Kier alpha value is -2.64. The summed E-state index contributed by atoms with van der Waals surface area (Å²) in [6.45, 7) is 6.51. The molecule has 1 unspecified atom stereocenters. The first-order chi connectivity index (χ1) is 14.6. The average molecular weight is 409 g/mol. The molecule has 5 rings (SSSR count). The molecular weight excluding hydrogens is 380 g/mol. The number of aromatic nitrogens is 2. The first-order valence-corrected chi connectivity index (χ1v) is 10.7. The van der Waals surface area contributed by atoms with Crippen molar-refractivity contribution in [3.8, 4) is 16.9 Å². The number of hydrogen-bond donors (Lipinski definition) is 1. The summed E-state index contributed by atoms with van der Waals surface area (Å²) in [4.78, 5) is 19.5. The van der Waals surface area contributed by atoms with Crippen LogP contribution in [0.25, 0.3) is 22.1 Å². The van der Waals surface area contributed by atoms with Gasteiger partial charge in [0.15, 0.2) is 0 Å². The highest BCUT2D eigenvalue weighted by molar-refractivity contribution is 5.93. The topological polar surface area (TPSA) is 72.5 Å². The van der Waals surface area contributed by atoms with E-state index in [-0.39, 0.29) is 5.56 Å². The van der Waals surface area contributed by atoms with Gasteiger partial charge in [-0.3, -0.25) is 14.7 Å². The number of rotatable bonds is 6. The van der Waals surface area contributed by atoms with Crippen molar-refractivity contribution in [1.29, 1.82) is 0 Å². The van der Waals surface area contributed by atoms with Gasteiger partial charge in [-0.15, -0.1) is 0 Å². The van der Waals surface area contributed by atoms with Crippen molar-refractivity contribution in [2.75, 3.05) is 26.2 Å². The quantitative estimate of drug-likeness (QED) is 0.676. The van der Waals surface area contributed by atoms with E-state index in [1.54, 1.807) is 24.0 Å². The van der Waals surface area contributed by atoms with E-state index in [1.807, 2.05) is 18.3 Å². The maximum Gasteiger partial charge on any atom is 0.261 e. The minimum absolute atomic E-state index is 0.0494. The highest BCUT2D eigenvalue weighted by atomic mass is 16.5. The molecular formula is C23H28N4O3. The minimum atomic E-state index is -0.0494. The Morgan fingerprint density at radius 3 is 3.00 bits per heavy atom. The van der Waals surface area contributed by atoms with Crippen LogP contribution in [0.5, 0.6) is 5.75 Å². The summed E-state index contributed by atoms with van der Waals surface area (Å²) >= 11 is 0. The second-order valence-electron chi connectivity index (χ2n) is 8.56. The summed E-state index contributed by atoms with van der Waals surface area (Å²) in [5.74, 6) is 2.20. The van der Waals surface area contributed by atoms with E-state index >= 15 is 0 Å². The molecule has 0 radical (unpaired) electrons. The second kappa shape index (κ2) is 7.89. The fourth-order valence-corrected chi connectivity index (χ4v) is 4.10. The molecule has 158 valence electrons. The van der Waals surface area contributed by atoms with Gasteiger partial charge in [0.05, 0.1) is 24.7 Å². The van der Waals surface area contributed by atoms with Crippen LogP contribution in [0, 0.1) is 5.92 Å². The average Bonchev–Trinajstić information content (AvgIpc) is 3.49. The normalized spacial score (nSPS) is 20.0. The Morgan fingerprint density at radius 1 is 1.33 bits per heavy atom. The smallest absolute Gasteiger partial charge is 0.261 e. The zero-order chi connectivity index (χ0) is 20.7. The van der Waals surface area contributed by atoms with E-state index in [0.717, 1.165) is 42.3 Å². The molecule has 1 aliphatic heterocycles. The molecule has 1 aliphatic carbocycles. The highest BCUT2D eigenvalue weighted by Crippen LogP contribution is 2.36. The van der Waals surface area contributed by atoms with Crippen molar-refractivity contribution in [3.05, 3.63) is 46.8 Å². The number of piperazine rings is 1. The predicted molar refractivity (Wildman–Crippen MR) is 116 cm³/mol. The van der Waals surface area contributed by atoms with Crippen molar-refractivity contribution in [2.24, 2.45) is 13.0 Å². The lowest BCUT2D eigenvalue weighted by atomic mass is 10.1. The molecule has 1 saturated carbocycles. The monoisotopic (exact) mass is 408 g/mol. The Balaban J connectivity index is 1.55. The van der Waals surface area contributed by atoms with Gasteiger partial charge < -0.3 is 19.0 Å². The lowest BCUT2D eigenvalue weighted by Gasteiger charge is -2.33. The van der Waals surface area contributed by atoms with Crippen LogP contribution in [0.1, 0.15) is 25.5 Å². The van der Waals surface area contributed by atoms with Crippen LogP contribution in [0.2, 0.25) is 0 Å². The van der Waals surface area contributed by atoms with Crippen molar-refractivity contribution in [3.63, 3.8) is 0 Å². The molecule has 3 aromatic rings. The number of ether oxygens (including phenoxy) is 1. The number of pyridine rings is 2. The van der Waals surface area contributed by atoms with Crippen molar-refractivity contribution in [2.45, 2.75) is 32.4 Å². The number of nitrogens with one attached hydrogen (secondary N) is 1. The van der Waals surface area contributed by atoms with Crippen molar-refractivity contribution in [1.82, 2.24) is 19.8 Å². The summed E-state index contributed by atoms with van der Waals surface area (Å²) in [5.41, 5.74) is 2.34. The van der Waals surface area contributed by atoms with Crippen molar-refractivity contribution >= 4 is 11.0 Å². The van der Waals surface area contributed by atoms with Gasteiger partial charge in [-0.25, -0.2) is 0 Å². The van der Waals surface area contributed by atoms with E-state index in [4.69, 9.17) is 9.15 Å². The maximum atomic E-state index is 12.8. The van der Waals surface area contributed by atoms with Crippen molar-refractivity contribution < 1.29 is 9.15 Å². The number of aryl methyl sites for hydroxylation is 1. The van der Waals surface area contributed by atoms with Gasteiger partial charge in [-0.05, 0) is 37.8 Å². The summed E-state index contributed by atoms with van der Waals surface area (Å²) < 4.78 is 14.0. The highest BCUT2D eigenvalue weighted by Gasteiger charge is 2.24. The molecule has 0 aromatic carbocycles. The van der Waals surface area contributed by atoms with Crippen LogP contribution in [0.4, 0.5) is 0 Å². The fraction of sp³-hybridized carbons (Fsp3) is 0.478. The molecule has 4 heterocycles. The summed E-state index contributed by atoms with van der Waals surface area (Å²) in [6, 6.07) is 4.26. The van der Waals surface area contributed by atoms with Gasteiger partial charge >= 0.3 is 0 Å². The van der Waals surface area contributed by atoms with E-state index in [2.05, 4.69) is 22.1 Å². The number of hydrogen-bond acceptors (Lipinski definition) is 6. The van der Waals surface area contributed by atoms with Gasteiger partial charge in [0.1, 0.15) is 17.1 Å². The van der Waals surface area contributed by atoms with Gasteiger partial charge in [0, 0.05) is 56.2 Å². The lowest BCUT2D eigenvalue weighted by molar-refractivity contribution is 0.155. The van der Waals surface area contributed by atoms with Crippen LogP contribution in [0.3, 0.4) is 0 Å². The zero-order valence-corrected chi connectivity index (χ0v) is 17.6. The van der Waals surface area contributed by atoms with Gasteiger partial charge in [-0.1, -0.05) is 0 Å². The SMILES string of the molecule is CC1CNCCN1Cc1cc2c(=O)n(C)cc(-c3ccncc3OCC3CC3)c2o1. The second-order valence-corrected chi connectivity index (χ2v) is 8.56. The summed E-state index contributed by atoms with van der Waals surface area (Å²) in [7, 11) is 1.78. The third-order valence-corrected chi connectivity index (χ3v) is 6.15. The molecule has 7 nitrogen and oxygen atoms in total. The van der Waals surface area contributed by atoms with Gasteiger partial charge in [0.25, 0.3) is 5.56 Å². The van der Waals surface area contributed by atoms with Crippen LogP contribution < -0.4 is 15.6 Å². The Bertz CT molecular complexity index is 1120. The third kappa shape index (κ3) is 3.75. The summed E-state index contributed by atoms with van der Waals surface area (Å²) in [5, 5.41) is 4.02. The van der Waals surface area contributed by atoms with Crippen LogP contribution in [-0.4, -0.2) is 46.7 Å². The van der Waals surface area contributed by atoms with E-state index in [9.17, 15) is 4.79 Å².